The molecular formula is C23H29N5O2S. The minimum atomic E-state index is -0.120. The van der Waals surface area contributed by atoms with E-state index in [4.69, 9.17) is 4.74 Å². The van der Waals surface area contributed by atoms with Crippen molar-refractivity contribution in [1.82, 2.24) is 14.8 Å². The summed E-state index contributed by atoms with van der Waals surface area (Å²) in [6.45, 7) is 8.69. The molecule has 3 aromatic rings. The lowest BCUT2D eigenvalue weighted by atomic mass is 10.2. The Balaban J connectivity index is 1.64. The van der Waals surface area contributed by atoms with Crippen molar-refractivity contribution in [3.05, 3.63) is 48.5 Å². The standard InChI is InChI=1S/C23H29N5O2S/c1-5-28(6-2)18-14-12-17(13-15-18)22-25-26-23(27(22)4)31-16-21(29)24-19-10-8-9-11-20(19)30-7-3/h8-15H,5-7,16H2,1-4H3,(H,24,29). The fourth-order valence-electron chi connectivity index (χ4n) is 3.27. The second kappa shape index (κ2) is 10.9. The molecule has 0 fully saturated rings. The fraction of sp³-hybridized carbons (Fsp3) is 0.348. The molecule has 0 spiro atoms. The summed E-state index contributed by atoms with van der Waals surface area (Å²) in [6, 6.07) is 15.7. The molecule has 7 nitrogen and oxygen atoms in total. The molecule has 1 N–H and O–H groups in total. The smallest absolute Gasteiger partial charge is 0.234 e. The van der Waals surface area contributed by atoms with Crippen LogP contribution in [0.25, 0.3) is 11.4 Å². The number of hydrogen-bond donors (Lipinski definition) is 1. The molecule has 0 saturated carbocycles. The zero-order chi connectivity index (χ0) is 22.2. The number of hydrogen-bond acceptors (Lipinski definition) is 6. The number of carbonyl (C=O) groups is 1. The van der Waals surface area contributed by atoms with Gasteiger partial charge in [0, 0.05) is 31.4 Å². The van der Waals surface area contributed by atoms with Crippen LogP contribution in [0.1, 0.15) is 20.8 Å². The van der Waals surface area contributed by atoms with E-state index in [2.05, 4.69) is 58.5 Å². The monoisotopic (exact) mass is 439 g/mol. The van der Waals surface area contributed by atoms with Crippen LogP contribution >= 0.6 is 11.8 Å². The molecule has 0 aliphatic carbocycles. The average molecular weight is 440 g/mol. The van der Waals surface area contributed by atoms with Gasteiger partial charge in [0.2, 0.25) is 5.91 Å². The molecule has 1 heterocycles. The van der Waals surface area contributed by atoms with E-state index in [1.165, 1.54) is 17.4 Å². The van der Waals surface area contributed by atoms with E-state index in [1.54, 1.807) is 0 Å². The van der Waals surface area contributed by atoms with E-state index in [0.717, 1.165) is 24.5 Å². The number of anilines is 2. The topological polar surface area (TPSA) is 72.3 Å². The van der Waals surface area contributed by atoms with Crippen molar-refractivity contribution in [1.29, 1.82) is 0 Å². The first kappa shape index (κ1) is 22.7. The minimum absolute atomic E-state index is 0.120. The van der Waals surface area contributed by atoms with E-state index in [0.29, 0.717) is 23.2 Å². The molecule has 3 rings (SSSR count). The normalized spacial score (nSPS) is 10.7. The first-order valence-corrected chi connectivity index (χ1v) is 11.4. The summed E-state index contributed by atoms with van der Waals surface area (Å²) in [7, 11) is 1.91. The van der Waals surface area contributed by atoms with E-state index < -0.39 is 0 Å². The van der Waals surface area contributed by atoms with E-state index in [1.807, 2.05) is 42.8 Å². The van der Waals surface area contributed by atoms with Crippen molar-refractivity contribution in [3.8, 4) is 17.1 Å². The van der Waals surface area contributed by atoms with Gasteiger partial charge in [-0.2, -0.15) is 0 Å². The van der Waals surface area contributed by atoms with Crippen molar-refractivity contribution in [2.45, 2.75) is 25.9 Å². The fourth-order valence-corrected chi connectivity index (χ4v) is 3.98. The molecule has 31 heavy (non-hydrogen) atoms. The first-order valence-electron chi connectivity index (χ1n) is 10.5. The zero-order valence-electron chi connectivity index (χ0n) is 18.5. The molecule has 0 unspecified atom stereocenters. The Kier molecular flexibility index (Phi) is 7.94. The van der Waals surface area contributed by atoms with Crippen LogP contribution in [0.15, 0.2) is 53.7 Å². The van der Waals surface area contributed by atoms with Crippen LogP contribution in [-0.2, 0) is 11.8 Å². The Hall–Kier alpha value is -3.00. The summed E-state index contributed by atoms with van der Waals surface area (Å²) in [4.78, 5) is 14.7. The first-order chi connectivity index (χ1) is 15.1. The number of rotatable bonds is 10. The number of nitrogens with one attached hydrogen (secondary N) is 1. The third-order valence-corrected chi connectivity index (χ3v) is 5.90. The van der Waals surface area contributed by atoms with Crippen molar-refractivity contribution in [2.75, 3.05) is 35.7 Å². The number of benzene rings is 2. The van der Waals surface area contributed by atoms with Crippen LogP contribution in [0.2, 0.25) is 0 Å². The highest BCUT2D eigenvalue weighted by atomic mass is 32.2. The molecule has 0 bridgehead atoms. The molecule has 0 aliphatic rings. The van der Waals surface area contributed by atoms with Crippen LogP contribution < -0.4 is 15.0 Å². The lowest BCUT2D eigenvalue weighted by Crippen LogP contribution is -2.21. The Morgan fingerprint density at radius 1 is 1.06 bits per heavy atom. The van der Waals surface area contributed by atoms with Gasteiger partial charge in [0.1, 0.15) is 5.75 Å². The van der Waals surface area contributed by atoms with Crippen LogP contribution in [0.5, 0.6) is 5.75 Å². The molecule has 164 valence electrons. The number of carbonyl (C=O) groups excluding carboxylic acids is 1. The molecular weight excluding hydrogens is 410 g/mol. The van der Waals surface area contributed by atoms with Gasteiger partial charge in [-0.3, -0.25) is 4.79 Å². The SMILES string of the molecule is CCOc1ccccc1NC(=O)CSc1nnc(-c2ccc(N(CC)CC)cc2)n1C. The number of amides is 1. The Labute approximate surface area is 187 Å². The number of nitrogens with zero attached hydrogens (tertiary/aromatic N) is 4. The maximum absolute atomic E-state index is 12.4. The Bertz CT molecular complexity index is 999. The Morgan fingerprint density at radius 2 is 1.77 bits per heavy atom. The average Bonchev–Trinajstić information content (AvgIpc) is 3.15. The van der Waals surface area contributed by atoms with Crippen molar-refractivity contribution < 1.29 is 9.53 Å². The number of thioether (sulfide) groups is 1. The molecule has 0 atom stereocenters. The molecule has 1 amide bonds. The summed E-state index contributed by atoms with van der Waals surface area (Å²) in [5.41, 5.74) is 2.85. The van der Waals surface area contributed by atoms with Crippen LogP contribution in [-0.4, -0.2) is 46.1 Å². The highest BCUT2D eigenvalue weighted by Gasteiger charge is 2.14. The van der Waals surface area contributed by atoms with Gasteiger partial charge in [-0.05, 0) is 57.2 Å². The summed E-state index contributed by atoms with van der Waals surface area (Å²) >= 11 is 1.35. The largest absolute Gasteiger partial charge is 0.492 e. The van der Waals surface area contributed by atoms with Gasteiger partial charge in [0.15, 0.2) is 11.0 Å². The summed E-state index contributed by atoms with van der Waals surface area (Å²) in [5.74, 6) is 1.55. The second-order valence-corrected chi connectivity index (χ2v) is 7.79. The molecule has 0 saturated heterocycles. The summed E-state index contributed by atoms with van der Waals surface area (Å²) < 4.78 is 7.47. The lowest BCUT2D eigenvalue weighted by molar-refractivity contribution is -0.113. The van der Waals surface area contributed by atoms with Crippen LogP contribution in [0.4, 0.5) is 11.4 Å². The van der Waals surface area contributed by atoms with Gasteiger partial charge in [-0.25, -0.2) is 0 Å². The molecule has 0 aliphatic heterocycles. The maximum Gasteiger partial charge on any atom is 0.234 e. The van der Waals surface area contributed by atoms with Crippen molar-refractivity contribution in [2.24, 2.45) is 7.05 Å². The number of aromatic nitrogens is 3. The van der Waals surface area contributed by atoms with E-state index in [9.17, 15) is 4.79 Å². The molecule has 0 radical (unpaired) electrons. The van der Waals surface area contributed by atoms with Crippen LogP contribution in [0.3, 0.4) is 0 Å². The molecule has 1 aromatic heterocycles. The van der Waals surface area contributed by atoms with Crippen LogP contribution in [0, 0.1) is 0 Å². The molecule has 2 aromatic carbocycles. The zero-order valence-corrected chi connectivity index (χ0v) is 19.3. The van der Waals surface area contributed by atoms with Crippen molar-refractivity contribution in [3.63, 3.8) is 0 Å². The molecule has 8 heteroatoms. The number of para-hydroxylation sites is 2. The maximum atomic E-state index is 12.4. The number of ether oxygens (including phenoxy) is 1. The summed E-state index contributed by atoms with van der Waals surface area (Å²) in [5, 5.41) is 12.2. The minimum Gasteiger partial charge on any atom is -0.492 e. The van der Waals surface area contributed by atoms with Gasteiger partial charge in [0.25, 0.3) is 0 Å². The highest BCUT2D eigenvalue weighted by molar-refractivity contribution is 7.99. The Morgan fingerprint density at radius 3 is 2.45 bits per heavy atom. The predicted octanol–water partition coefficient (Wildman–Crippen LogP) is 4.46. The van der Waals surface area contributed by atoms with Crippen molar-refractivity contribution >= 4 is 29.0 Å². The van der Waals surface area contributed by atoms with E-state index >= 15 is 0 Å². The quantitative estimate of drug-likeness (QED) is 0.470. The van der Waals surface area contributed by atoms with Gasteiger partial charge >= 0.3 is 0 Å². The van der Waals surface area contributed by atoms with Gasteiger partial charge < -0.3 is 19.5 Å². The second-order valence-electron chi connectivity index (χ2n) is 6.85. The van der Waals surface area contributed by atoms with Gasteiger partial charge in [-0.15, -0.1) is 10.2 Å². The van der Waals surface area contributed by atoms with Gasteiger partial charge in [0.05, 0.1) is 18.0 Å². The van der Waals surface area contributed by atoms with Gasteiger partial charge in [-0.1, -0.05) is 23.9 Å². The summed E-state index contributed by atoms with van der Waals surface area (Å²) in [6.07, 6.45) is 0. The third-order valence-electron chi connectivity index (χ3n) is 4.88. The predicted molar refractivity (Wildman–Crippen MR) is 127 cm³/mol. The lowest BCUT2D eigenvalue weighted by Gasteiger charge is -2.21. The third kappa shape index (κ3) is 5.58. The van der Waals surface area contributed by atoms with E-state index in [-0.39, 0.29) is 11.7 Å². The highest BCUT2D eigenvalue weighted by Crippen LogP contribution is 2.26.